The Morgan fingerprint density at radius 2 is 1.86 bits per heavy atom. The van der Waals surface area contributed by atoms with E-state index in [4.69, 9.17) is 11.2 Å². The Hall–Kier alpha value is -3.18. The fourth-order valence-corrected chi connectivity index (χ4v) is 4.19. The van der Waals surface area contributed by atoms with Gasteiger partial charge in [0.15, 0.2) is 0 Å². The first-order valence-electron chi connectivity index (χ1n) is 9.66. The summed E-state index contributed by atoms with van der Waals surface area (Å²) < 4.78 is 5.60. The number of ether oxygens (including phenoxy) is 1. The zero-order valence-electron chi connectivity index (χ0n) is 15.8. The lowest BCUT2D eigenvalue weighted by molar-refractivity contribution is -0.136. The normalized spacial score (nSPS) is 22.5. The molecule has 1 unspecified atom stereocenters. The molecule has 0 bridgehead atoms. The zero-order chi connectivity index (χ0) is 20.5. The van der Waals surface area contributed by atoms with E-state index >= 15 is 0 Å². The molecule has 8 nitrogen and oxygen atoms in total. The molecule has 1 N–H and O–H groups in total. The molecule has 1 atom stereocenters. The topological polar surface area (TPSA) is 96.0 Å². The van der Waals surface area contributed by atoms with Crippen molar-refractivity contribution >= 4 is 29.3 Å². The molecule has 2 saturated heterocycles. The number of hydrogen-bond acceptors (Lipinski definition) is 6. The molecule has 3 aliphatic heterocycles. The Bertz CT molecular complexity index is 927. The van der Waals surface area contributed by atoms with Crippen molar-refractivity contribution in [2.24, 2.45) is 0 Å². The number of carbonyl (C=O) groups excluding carboxylic acids is 4. The third kappa shape index (κ3) is 3.38. The van der Waals surface area contributed by atoms with Crippen molar-refractivity contribution in [3.8, 4) is 12.3 Å². The predicted octanol–water partition coefficient (Wildman–Crippen LogP) is 0.706. The molecule has 0 aromatic heterocycles. The lowest BCUT2D eigenvalue weighted by Gasteiger charge is -2.34. The molecule has 3 heterocycles. The predicted molar refractivity (Wildman–Crippen MR) is 103 cm³/mol. The minimum absolute atomic E-state index is 0.0800. The van der Waals surface area contributed by atoms with Gasteiger partial charge >= 0.3 is 0 Å². The Morgan fingerprint density at radius 3 is 2.55 bits per heavy atom. The second kappa shape index (κ2) is 7.68. The molecule has 3 aliphatic rings. The summed E-state index contributed by atoms with van der Waals surface area (Å²) in [7, 11) is 0. The number of fused-ring (bicyclic) bond motifs is 1. The molecule has 4 amide bonds. The van der Waals surface area contributed by atoms with Crippen LogP contribution in [-0.4, -0.2) is 60.4 Å². The molecule has 1 aromatic carbocycles. The Balaban J connectivity index is 1.57. The zero-order valence-corrected chi connectivity index (χ0v) is 15.8. The van der Waals surface area contributed by atoms with E-state index in [1.165, 1.54) is 0 Å². The van der Waals surface area contributed by atoms with Gasteiger partial charge in [0.2, 0.25) is 11.8 Å². The Labute approximate surface area is 168 Å². The number of rotatable bonds is 4. The number of anilines is 1. The molecular formula is C21H21N3O5. The van der Waals surface area contributed by atoms with Crippen LogP contribution < -0.4 is 10.2 Å². The SMILES string of the molecule is C#CCOC1CCN(c2cccc3c2C(=O)N(C2CCC(=O)NC2=O)C3=O)CC1. The van der Waals surface area contributed by atoms with Gasteiger partial charge in [0.05, 0.1) is 22.9 Å². The van der Waals surface area contributed by atoms with Crippen LogP contribution in [0.1, 0.15) is 46.4 Å². The number of benzene rings is 1. The van der Waals surface area contributed by atoms with Gasteiger partial charge in [-0.05, 0) is 31.4 Å². The summed E-state index contributed by atoms with van der Waals surface area (Å²) in [5, 5.41) is 2.21. The molecule has 29 heavy (non-hydrogen) atoms. The summed E-state index contributed by atoms with van der Waals surface area (Å²) in [5.74, 6) is 0.492. The van der Waals surface area contributed by atoms with Gasteiger partial charge in [-0.2, -0.15) is 0 Å². The van der Waals surface area contributed by atoms with Crippen molar-refractivity contribution in [1.29, 1.82) is 0 Å². The van der Waals surface area contributed by atoms with E-state index in [2.05, 4.69) is 16.1 Å². The van der Waals surface area contributed by atoms with Crippen LogP contribution in [0.3, 0.4) is 0 Å². The van der Waals surface area contributed by atoms with Gasteiger partial charge in [0, 0.05) is 19.5 Å². The first-order chi connectivity index (χ1) is 14.0. The van der Waals surface area contributed by atoms with Gasteiger partial charge in [-0.1, -0.05) is 12.0 Å². The minimum Gasteiger partial charge on any atom is -0.371 e. The smallest absolute Gasteiger partial charge is 0.264 e. The van der Waals surface area contributed by atoms with Gasteiger partial charge in [0.1, 0.15) is 12.6 Å². The van der Waals surface area contributed by atoms with Crippen LogP contribution in [-0.2, 0) is 14.3 Å². The van der Waals surface area contributed by atoms with Gasteiger partial charge in [-0.3, -0.25) is 29.4 Å². The summed E-state index contributed by atoms with van der Waals surface area (Å²) in [6.45, 7) is 1.62. The van der Waals surface area contributed by atoms with Gasteiger partial charge in [-0.15, -0.1) is 6.42 Å². The van der Waals surface area contributed by atoms with E-state index in [9.17, 15) is 19.2 Å². The van der Waals surface area contributed by atoms with Gasteiger partial charge < -0.3 is 9.64 Å². The molecule has 0 saturated carbocycles. The average Bonchev–Trinajstić information content (AvgIpc) is 2.98. The number of nitrogens with zero attached hydrogens (tertiary/aromatic N) is 2. The second-order valence-electron chi connectivity index (χ2n) is 7.35. The largest absolute Gasteiger partial charge is 0.371 e. The number of amides is 4. The minimum atomic E-state index is -0.962. The van der Waals surface area contributed by atoms with Crippen LogP contribution in [0.5, 0.6) is 0 Å². The lowest BCUT2D eigenvalue weighted by Crippen LogP contribution is -2.54. The van der Waals surface area contributed by atoms with E-state index in [-0.39, 0.29) is 25.6 Å². The fraction of sp³-hybridized carbons (Fsp3) is 0.429. The van der Waals surface area contributed by atoms with Gasteiger partial charge in [-0.25, -0.2) is 0 Å². The van der Waals surface area contributed by atoms with Crippen molar-refractivity contribution in [2.45, 2.75) is 37.8 Å². The molecule has 4 rings (SSSR count). The molecular weight excluding hydrogens is 374 g/mol. The highest BCUT2D eigenvalue weighted by molar-refractivity contribution is 6.25. The summed E-state index contributed by atoms with van der Waals surface area (Å²) in [4.78, 5) is 52.8. The standard InChI is InChI=1S/C21H21N3O5/c1-2-12-29-13-8-10-23(11-9-13)15-5-3-4-14-18(15)21(28)24(20(14)27)16-6-7-17(25)22-19(16)26/h1,3-5,13,16H,6-12H2,(H,22,25,26). The summed E-state index contributed by atoms with van der Waals surface area (Å²) in [5.41, 5.74) is 1.30. The Kier molecular flexibility index (Phi) is 5.07. The highest BCUT2D eigenvalue weighted by Gasteiger charge is 2.46. The van der Waals surface area contributed by atoms with Crippen molar-refractivity contribution < 1.29 is 23.9 Å². The summed E-state index contributed by atoms with van der Waals surface area (Å²) in [6.07, 6.45) is 7.10. The van der Waals surface area contributed by atoms with Crippen LogP contribution in [0, 0.1) is 12.3 Å². The third-order valence-corrected chi connectivity index (χ3v) is 5.63. The maximum Gasteiger partial charge on any atom is 0.264 e. The second-order valence-corrected chi connectivity index (χ2v) is 7.35. The average molecular weight is 395 g/mol. The monoisotopic (exact) mass is 395 g/mol. The van der Waals surface area contributed by atoms with E-state index in [0.717, 1.165) is 17.7 Å². The lowest BCUT2D eigenvalue weighted by atomic mass is 10.0. The molecule has 0 spiro atoms. The number of imide groups is 2. The molecule has 8 heteroatoms. The third-order valence-electron chi connectivity index (χ3n) is 5.63. The fourth-order valence-electron chi connectivity index (χ4n) is 4.19. The molecule has 0 aliphatic carbocycles. The Morgan fingerprint density at radius 1 is 1.10 bits per heavy atom. The van der Waals surface area contributed by atoms with Crippen molar-refractivity contribution in [3.63, 3.8) is 0 Å². The van der Waals surface area contributed by atoms with Crippen LogP contribution in [0.25, 0.3) is 0 Å². The van der Waals surface area contributed by atoms with Crippen LogP contribution in [0.15, 0.2) is 18.2 Å². The molecule has 0 radical (unpaired) electrons. The quantitative estimate of drug-likeness (QED) is 0.596. The maximum atomic E-state index is 13.2. The van der Waals surface area contributed by atoms with E-state index in [1.807, 2.05) is 6.07 Å². The van der Waals surface area contributed by atoms with Crippen molar-refractivity contribution in [2.75, 3.05) is 24.6 Å². The number of hydrogen-bond donors (Lipinski definition) is 1. The number of nitrogens with one attached hydrogen (secondary N) is 1. The van der Waals surface area contributed by atoms with E-state index in [1.54, 1.807) is 12.1 Å². The van der Waals surface area contributed by atoms with E-state index < -0.39 is 29.7 Å². The van der Waals surface area contributed by atoms with Crippen molar-refractivity contribution in [3.05, 3.63) is 29.3 Å². The highest BCUT2D eigenvalue weighted by Crippen LogP contribution is 2.35. The summed E-state index contributed by atoms with van der Waals surface area (Å²) >= 11 is 0. The van der Waals surface area contributed by atoms with Crippen LogP contribution in [0.2, 0.25) is 0 Å². The number of piperidine rings is 2. The molecule has 2 fully saturated rings. The molecule has 1 aromatic rings. The van der Waals surface area contributed by atoms with Gasteiger partial charge in [0.25, 0.3) is 11.8 Å². The highest BCUT2D eigenvalue weighted by atomic mass is 16.5. The van der Waals surface area contributed by atoms with Crippen molar-refractivity contribution in [1.82, 2.24) is 10.2 Å². The number of terminal acetylenes is 1. The maximum absolute atomic E-state index is 13.2. The van der Waals surface area contributed by atoms with E-state index in [0.29, 0.717) is 29.9 Å². The summed E-state index contributed by atoms with van der Waals surface area (Å²) in [6, 6.07) is 4.21. The van der Waals surface area contributed by atoms with Crippen LogP contribution >= 0.6 is 0 Å². The first-order valence-corrected chi connectivity index (χ1v) is 9.66. The van der Waals surface area contributed by atoms with Crippen LogP contribution in [0.4, 0.5) is 5.69 Å². The molecule has 150 valence electrons. The number of carbonyl (C=O) groups is 4. The first kappa shape index (κ1) is 19.2.